The van der Waals surface area contributed by atoms with Crippen molar-refractivity contribution < 1.29 is 18.0 Å². The smallest absolute Gasteiger partial charge is 0.332 e. The first-order valence-electron chi connectivity index (χ1n) is 7.18. The standard InChI is InChI=1S/C14H25F3N2O/c1-10(2)8-19(9-14(15,16)17)12(20)13(18)6-4-5-11(3)7-13/h10-11H,4-9,18H2,1-3H3. The number of nitrogens with two attached hydrogens (primary N) is 1. The van der Waals surface area contributed by atoms with Crippen LogP contribution in [0.4, 0.5) is 13.2 Å². The third kappa shape index (κ3) is 4.96. The van der Waals surface area contributed by atoms with Crippen molar-refractivity contribution in [3.05, 3.63) is 0 Å². The van der Waals surface area contributed by atoms with E-state index in [0.29, 0.717) is 12.8 Å². The Labute approximate surface area is 118 Å². The van der Waals surface area contributed by atoms with Gasteiger partial charge in [-0.15, -0.1) is 0 Å². The molecule has 1 aliphatic rings. The van der Waals surface area contributed by atoms with Gasteiger partial charge >= 0.3 is 6.18 Å². The molecule has 0 aromatic heterocycles. The molecule has 0 aromatic rings. The van der Waals surface area contributed by atoms with Crippen LogP contribution in [0.1, 0.15) is 46.5 Å². The van der Waals surface area contributed by atoms with Crippen LogP contribution in [0.5, 0.6) is 0 Å². The molecule has 0 bridgehead atoms. The summed E-state index contributed by atoms with van der Waals surface area (Å²) < 4.78 is 38.0. The fourth-order valence-corrected chi connectivity index (χ4v) is 2.98. The van der Waals surface area contributed by atoms with Gasteiger partial charge in [-0.2, -0.15) is 13.2 Å². The first kappa shape index (κ1) is 17.3. The molecule has 0 radical (unpaired) electrons. The predicted octanol–water partition coefficient (Wildman–Crippen LogP) is 2.94. The lowest BCUT2D eigenvalue weighted by atomic mass is 9.76. The molecule has 1 fully saturated rings. The van der Waals surface area contributed by atoms with Crippen LogP contribution >= 0.6 is 0 Å². The van der Waals surface area contributed by atoms with Crippen molar-refractivity contribution in [2.75, 3.05) is 13.1 Å². The maximum absolute atomic E-state index is 12.7. The van der Waals surface area contributed by atoms with Gasteiger partial charge in [0.1, 0.15) is 6.54 Å². The van der Waals surface area contributed by atoms with Crippen LogP contribution in [0, 0.1) is 11.8 Å². The summed E-state index contributed by atoms with van der Waals surface area (Å²) in [6.45, 7) is 4.46. The topological polar surface area (TPSA) is 46.3 Å². The minimum Gasteiger partial charge on any atom is -0.332 e. The summed E-state index contributed by atoms with van der Waals surface area (Å²) >= 11 is 0. The highest BCUT2D eigenvalue weighted by molar-refractivity contribution is 5.86. The van der Waals surface area contributed by atoms with Crippen LogP contribution < -0.4 is 5.73 Å². The summed E-state index contributed by atoms with van der Waals surface area (Å²) in [6, 6.07) is 0. The Hall–Kier alpha value is -0.780. The highest BCUT2D eigenvalue weighted by Crippen LogP contribution is 2.32. The Morgan fingerprint density at radius 3 is 2.50 bits per heavy atom. The number of alkyl halides is 3. The fourth-order valence-electron chi connectivity index (χ4n) is 2.98. The van der Waals surface area contributed by atoms with E-state index in [1.807, 2.05) is 6.92 Å². The molecule has 6 heteroatoms. The quantitative estimate of drug-likeness (QED) is 0.866. The van der Waals surface area contributed by atoms with Gasteiger partial charge in [0.2, 0.25) is 5.91 Å². The largest absolute Gasteiger partial charge is 0.406 e. The zero-order valence-electron chi connectivity index (χ0n) is 12.5. The Morgan fingerprint density at radius 1 is 1.45 bits per heavy atom. The van der Waals surface area contributed by atoms with E-state index in [1.165, 1.54) is 0 Å². The Bertz CT molecular complexity index is 344. The van der Waals surface area contributed by atoms with Crippen LogP contribution in [0.3, 0.4) is 0 Å². The molecule has 2 N–H and O–H groups in total. The molecule has 0 spiro atoms. The van der Waals surface area contributed by atoms with Gasteiger partial charge in [0.25, 0.3) is 0 Å². The molecule has 0 aromatic carbocycles. The number of amides is 1. The van der Waals surface area contributed by atoms with Crippen molar-refractivity contribution in [2.45, 2.75) is 58.2 Å². The summed E-state index contributed by atoms with van der Waals surface area (Å²) in [5, 5.41) is 0. The molecule has 0 heterocycles. The van der Waals surface area contributed by atoms with Gasteiger partial charge in [0, 0.05) is 6.54 Å². The monoisotopic (exact) mass is 294 g/mol. The van der Waals surface area contributed by atoms with Gasteiger partial charge in [0.05, 0.1) is 5.54 Å². The molecule has 1 saturated carbocycles. The number of hydrogen-bond donors (Lipinski definition) is 1. The number of nitrogens with zero attached hydrogens (tertiary/aromatic N) is 1. The van der Waals surface area contributed by atoms with E-state index in [-0.39, 0.29) is 18.4 Å². The zero-order chi connectivity index (χ0) is 15.6. The average Bonchev–Trinajstić information content (AvgIpc) is 2.24. The van der Waals surface area contributed by atoms with E-state index in [9.17, 15) is 18.0 Å². The molecular formula is C14H25F3N2O. The molecular weight excluding hydrogens is 269 g/mol. The van der Waals surface area contributed by atoms with Crippen molar-refractivity contribution in [3.63, 3.8) is 0 Å². The summed E-state index contributed by atoms with van der Waals surface area (Å²) in [4.78, 5) is 13.4. The molecule has 2 atom stereocenters. The van der Waals surface area contributed by atoms with Crippen LogP contribution in [-0.4, -0.2) is 35.6 Å². The molecule has 2 unspecified atom stereocenters. The van der Waals surface area contributed by atoms with Crippen molar-refractivity contribution >= 4 is 5.91 Å². The normalized spacial score (nSPS) is 27.7. The summed E-state index contributed by atoms with van der Waals surface area (Å²) in [6.07, 6.45) is -1.66. The van der Waals surface area contributed by atoms with E-state index in [1.54, 1.807) is 13.8 Å². The Balaban J connectivity index is 2.85. The summed E-state index contributed by atoms with van der Waals surface area (Å²) in [7, 11) is 0. The van der Waals surface area contributed by atoms with Crippen LogP contribution in [0.2, 0.25) is 0 Å². The Kier molecular flexibility index (Phi) is 5.46. The fraction of sp³-hybridized carbons (Fsp3) is 0.929. The summed E-state index contributed by atoms with van der Waals surface area (Å²) in [5.74, 6) is -0.287. The molecule has 0 aliphatic heterocycles. The minimum atomic E-state index is -4.39. The van der Waals surface area contributed by atoms with E-state index >= 15 is 0 Å². The predicted molar refractivity (Wildman–Crippen MR) is 72.0 cm³/mol. The van der Waals surface area contributed by atoms with E-state index in [4.69, 9.17) is 5.73 Å². The van der Waals surface area contributed by atoms with Gasteiger partial charge in [-0.1, -0.05) is 33.6 Å². The number of hydrogen-bond acceptors (Lipinski definition) is 2. The maximum atomic E-state index is 12.7. The van der Waals surface area contributed by atoms with Crippen LogP contribution in [0.25, 0.3) is 0 Å². The van der Waals surface area contributed by atoms with E-state index < -0.39 is 24.2 Å². The van der Waals surface area contributed by atoms with Gasteiger partial charge in [-0.3, -0.25) is 4.79 Å². The van der Waals surface area contributed by atoms with E-state index in [2.05, 4.69) is 0 Å². The molecule has 118 valence electrons. The molecule has 1 aliphatic carbocycles. The third-order valence-corrected chi connectivity index (χ3v) is 3.70. The molecule has 0 saturated heterocycles. The number of rotatable bonds is 4. The van der Waals surface area contributed by atoms with Gasteiger partial charge in [0.15, 0.2) is 0 Å². The second-order valence-corrected chi connectivity index (χ2v) is 6.55. The number of halogens is 3. The van der Waals surface area contributed by atoms with Crippen molar-refractivity contribution in [2.24, 2.45) is 17.6 Å². The first-order valence-corrected chi connectivity index (χ1v) is 7.18. The lowest BCUT2D eigenvalue weighted by Crippen LogP contribution is -2.59. The highest BCUT2D eigenvalue weighted by Gasteiger charge is 2.43. The SMILES string of the molecule is CC(C)CN(CC(F)(F)F)C(=O)C1(N)CCCC(C)C1. The third-order valence-electron chi connectivity index (χ3n) is 3.70. The highest BCUT2D eigenvalue weighted by atomic mass is 19.4. The van der Waals surface area contributed by atoms with Gasteiger partial charge in [-0.25, -0.2) is 0 Å². The summed E-state index contributed by atoms with van der Waals surface area (Å²) in [5.41, 5.74) is 5.00. The van der Waals surface area contributed by atoms with Crippen molar-refractivity contribution in [1.82, 2.24) is 4.90 Å². The minimum absolute atomic E-state index is 0.0223. The molecule has 3 nitrogen and oxygen atoms in total. The van der Waals surface area contributed by atoms with E-state index in [0.717, 1.165) is 17.7 Å². The molecule has 1 rings (SSSR count). The molecule has 1 amide bonds. The zero-order valence-corrected chi connectivity index (χ0v) is 12.5. The number of carbonyl (C=O) groups is 1. The lowest BCUT2D eigenvalue weighted by molar-refractivity contribution is -0.166. The van der Waals surface area contributed by atoms with Crippen LogP contribution in [-0.2, 0) is 4.79 Å². The molecule has 20 heavy (non-hydrogen) atoms. The van der Waals surface area contributed by atoms with Gasteiger partial charge < -0.3 is 10.6 Å². The maximum Gasteiger partial charge on any atom is 0.406 e. The lowest BCUT2D eigenvalue weighted by Gasteiger charge is -2.39. The van der Waals surface area contributed by atoms with Crippen molar-refractivity contribution in [3.8, 4) is 0 Å². The van der Waals surface area contributed by atoms with Crippen LogP contribution in [0.15, 0.2) is 0 Å². The van der Waals surface area contributed by atoms with Gasteiger partial charge in [-0.05, 0) is 24.7 Å². The van der Waals surface area contributed by atoms with Crippen molar-refractivity contribution in [1.29, 1.82) is 0 Å². The second-order valence-electron chi connectivity index (χ2n) is 6.55. The average molecular weight is 294 g/mol. The second kappa shape index (κ2) is 6.33. The number of carbonyl (C=O) groups excluding carboxylic acids is 1. The Morgan fingerprint density at radius 2 is 2.05 bits per heavy atom. The first-order chi connectivity index (χ1) is 9.03.